The van der Waals surface area contributed by atoms with E-state index < -0.39 is 0 Å². The Balaban J connectivity index is 0.00000294. The summed E-state index contributed by atoms with van der Waals surface area (Å²) in [6.07, 6.45) is 5.48. The van der Waals surface area contributed by atoms with E-state index in [1.807, 2.05) is 37.8 Å². The molecule has 0 aliphatic carbocycles. The molecule has 4 rings (SSSR count). The van der Waals surface area contributed by atoms with Crippen LogP contribution in [0.3, 0.4) is 0 Å². The first-order valence-corrected chi connectivity index (χ1v) is 14.2. The van der Waals surface area contributed by atoms with Crippen LogP contribution < -0.4 is 16.0 Å². The molecule has 0 spiro atoms. The van der Waals surface area contributed by atoms with E-state index in [0.29, 0.717) is 63.0 Å². The second-order valence-corrected chi connectivity index (χ2v) is 12.1. The maximum atomic E-state index is 14.2. The predicted molar refractivity (Wildman–Crippen MR) is 164 cm³/mol. The summed E-state index contributed by atoms with van der Waals surface area (Å²) in [5.74, 6) is 2.14. The third-order valence-electron chi connectivity index (χ3n) is 7.23. The number of ether oxygens (including phenoxy) is 1. The van der Waals surface area contributed by atoms with Crippen molar-refractivity contribution in [1.82, 2.24) is 25.5 Å². The molecule has 2 amide bonds. The number of piperidine rings is 1. The number of anilines is 1. The number of nitrogens with zero attached hydrogens (tertiary/aromatic N) is 3. The third-order valence-corrected chi connectivity index (χ3v) is 7.23. The third kappa shape index (κ3) is 9.56. The number of hydrogen-bond acceptors (Lipinski definition) is 8. The number of carbonyl (C=O) groups is 2. The minimum Gasteiger partial charge on any atom is -0.467 e. The molecule has 2 saturated heterocycles. The fourth-order valence-corrected chi connectivity index (χ4v) is 5.11. The van der Waals surface area contributed by atoms with Crippen LogP contribution in [0.25, 0.3) is 0 Å². The molecule has 2 aromatic heterocycles. The highest BCUT2D eigenvalue weighted by Crippen LogP contribution is 2.25. The molecule has 2 fully saturated rings. The fourth-order valence-electron chi connectivity index (χ4n) is 5.11. The first kappa shape index (κ1) is 34.8. The summed E-state index contributed by atoms with van der Waals surface area (Å²) < 4.78 is 10.9. The van der Waals surface area contributed by atoms with Gasteiger partial charge in [-0.15, -0.1) is 24.8 Å². The van der Waals surface area contributed by atoms with Crippen molar-refractivity contribution in [2.75, 3.05) is 38.2 Å². The van der Waals surface area contributed by atoms with E-state index in [9.17, 15) is 9.59 Å². The fraction of sp³-hybridized carbons (Fsp3) is 0.655. The molecule has 0 bridgehead atoms. The van der Waals surface area contributed by atoms with Crippen LogP contribution in [0.5, 0.6) is 0 Å². The Morgan fingerprint density at radius 3 is 2.54 bits per heavy atom. The van der Waals surface area contributed by atoms with Crippen LogP contribution in [0, 0.1) is 11.8 Å². The zero-order chi connectivity index (χ0) is 28.0. The van der Waals surface area contributed by atoms with Gasteiger partial charge in [0.15, 0.2) is 0 Å². The molecule has 2 aliphatic heterocycles. The van der Waals surface area contributed by atoms with Gasteiger partial charge in [-0.25, -0.2) is 9.97 Å². The number of hydrogen-bond donors (Lipinski definition) is 3. The molecule has 0 saturated carbocycles. The standard InChI is InChI=1S/C29H44N6O4.2ClH/c1-19(2)18-35(22-13-21(14-30-15-22)33-26(36)20-8-11-38-12-9-20)27(37)24-17-32-28(29(3,4)5)34-25(24)31-16-23-7-6-10-39-23;;/h6-7,10,17,19-22,30H,8-9,11-16,18H2,1-5H3,(H,33,36)(H,31,32,34);2*1H/t21-,22+;;/m1../s1. The van der Waals surface area contributed by atoms with E-state index in [1.165, 1.54) is 0 Å². The van der Waals surface area contributed by atoms with Crippen LogP contribution in [0.2, 0.25) is 0 Å². The highest BCUT2D eigenvalue weighted by molar-refractivity contribution is 5.98. The maximum Gasteiger partial charge on any atom is 0.259 e. The van der Waals surface area contributed by atoms with E-state index in [2.05, 4.69) is 34.8 Å². The van der Waals surface area contributed by atoms with Crippen LogP contribution >= 0.6 is 24.8 Å². The number of rotatable bonds is 9. The average Bonchev–Trinajstić information content (AvgIpc) is 3.44. The summed E-state index contributed by atoms with van der Waals surface area (Å²) in [4.78, 5) is 38.3. The lowest BCUT2D eigenvalue weighted by Crippen LogP contribution is -2.58. The molecule has 0 radical (unpaired) electrons. The van der Waals surface area contributed by atoms with Gasteiger partial charge in [-0.05, 0) is 37.3 Å². The quantitative estimate of drug-likeness (QED) is 0.385. The second kappa shape index (κ2) is 15.7. The molecule has 41 heavy (non-hydrogen) atoms. The van der Waals surface area contributed by atoms with Crippen molar-refractivity contribution < 1.29 is 18.7 Å². The van der Waals surface area contributed by atoms with Crippen molar-refractivity contribution in [2.45, 2.75) is 77.9 Å². The molecule has 230 valence electrons. The lowest BCUT2D eigenvalue weighted by atomic mass is 9.95. The van der Waals surface area contributed by atoms with Crippen LogP contribution in [0.15, 0.2) is 29.0 Å². The van der Waals surface area contributed by atoms with Crippen LogP contribution in [0.1, 0.15) is 75.8 Å². The molecular formula is C29H46Cl2N6O4. The molecule has 10 nitrogen and oxygen atoms in total. The van der Waals surface area contributed by atoms with Crippen molar-refractivity contribution in [3.8, 4) is 0 Å². The Labute approximate surface area is 256 Å². The summed E-state index contributed by atoms with van der Waals surface area (Å²) in [5, 5.41) is 10.00. The van der Waals surface area contributed by atoms with Gasteiger partial charge in [0.05, 0.1) is 12.8 Å². The Morgan fingerprint density at radius 2 is 1.90 bits per heavy atom. The van der Waals surface area contributed by atoms with Gasteiger partial charge in [-0.2, -0.15) is 0 Å². The van der Waals surface area contributed by atoms with Crippen molar-refractivity contribution in [1.29, 1.82) is 0 Å². The summed E-state index contributed by atoms with van der Waals surface area (Å²) >= 11 is 0. The topological polar surface area (TPSA) is 122 Å². The highest BCUT2D eigenvalue weighted by atomic mass is 35.5. The highest BCUT2D eigenvalue weighted by Gasteiger charge is 2.34. The van der Waals surface area contributed by atoms with E-state index in [0.717, 1.165) is 18.6 Å². The number of carbonyl (C=O) groups excluding carboxylic acids is 2. The summed E-state index contributed by atoms with van der Waals surface area (Å²) in [6, 6.07) is 3.60. The molecule has 0 unspecified atom stereocenters. The van der Waals surface area contributed by atoms with Gasteiger partial charge >= 0.3 is 0 Å². The van der Waals surface area contributed by atoms with Gasteiger partial charge in [0.1, 0.15) is 23.0 Å². The van der Waals surface area contributed by atoms with Crippen molar-refractivity contribution in [3.05, 3.63) is 41.7 Å². The number of aromatic nitrogens is 2. The molecule has 0 aromatic carbocycles. The number of nitrogens with one attached hydrogen (secondary N) is 3. The van der Waals surface area contributed by atoms with Gasteiger partial charge in [-0.3, -0.25) is 9.59 Å². The van der Waals surface area contributed by atoms with Crippen LogP contribution in [-0.4, -0.2) is 71.6 Å². The van der Waals surface area contributed by atoms with Gasteiger partial charge in [0.25, 0.3) is 5.91 Å². The average molecular weight is 614 g/mol. The normalized spacial score (nSPS) is 19.6. The van der Waals surface area contributed by atoms with Crippen LogP contribution in [-0.2, 0) is 21.5 Å². The minimum atomic E-state index is -0.274. The molecule has 4 heterocycles. The lowest BCUT2D eigenvalue weighted by Gasteiger charge is -2.39. The van der Waals surface area contributed by atoms with Crippen molar-refractivity contribution >= 4 is 42.4 Å². The lowest BCUT2D eigenvalue weighted by molar-refractivity contribution is -0.128. The van der Waals surface area contributed by atoms with Crippen LogP contribution in [0.4, 0.5) is 5.82 Å². The maximum absolute atomic E-state index is 14.2. The molecular weight excluding hydrogens is 567 g/mol. The Kier molecular flexibility index (Phi) is 13.3. The van der Waals surface area contributed by atoms with Crippen molar-refractivity contribution in [2.24, 2.45) is 11.8 Å². The van der Waals surface area contributed by atoms with E-state index in [-0.39, 0.29) is 66.0 Å². The molecule has 3 N–H and O–H groups in total. The van der Waals surface area contributed by atoms with Gasteiger partial charge < -0.3 is 30.0 Å². The first-order valence-electron chi connectivity index (χ1n) is 14.2. The Morgan fingerprint density at radius 1 is 1.17 bits per heavy atom. The summed E-state index contributed by atoms with van der Waals surface area (Å²) in [5.41, 5.74) is 0.160. The number of furan rings is 1. The Bertz CT molecular complexity index is 1100. The summed E-state index contributed by atoms with van der Waals surface area (Å²) in [7, 11) is 0. The monoisotopic (exact) mass is 612 g/mol. The Hall–Kier alpha value is -2.40. The molecule has 2 atom stereocenters. The largest absolute Gasteiger partial charge is 0.467 e. The van der Waals surface area contributed by atoms with Gasteiger partial charge in [0.2, 0.25) is 5.91 Å². The number of amides is 2. The summed E-state index contributed by atoms with van der Waals surface area (Å²) in [6.45, 7) is 14.0. The van der Waals surface area contributed by atoms with Crippen molar-refractivity contribution in [3.63, 3.8) is 0 Å². The molecule has 2 aromatic rings. The zero-order valence-corrected chi connectivity index (χ0v) is 26.4. The van der Waals surface area contributed by atoms with E-state index in [4.69, 9.17) is 14.1 Å². The van der Waals surface area contributed by atoms with Gasteiger partial charge in [-0.1, -0.05) is 34.6 Å². The zero-order valence-electron chi connectivity index (χ0n) is 24.8. The van der Waals surface area contributed by atoms with E-state index in [1.54, 1.807) is 12.5 Å². The minimum absolute atomic E-state index is 0. The SMILES string of the molecule is CC(C)CN(C(=O)c1cnc(C(C)(C)C)nc1NCc1ccco1)[C@@H]1CNC[C@H](NC(=O)C2CCOCC2)C1.Cl.Cl. The van der Waals surface area contributed by atoms with E-state index >= 15 is 0 Å². The molecule has 12 heteroatoms. The number of halogens is 2. The smallest absolute Gasteiger partial charge is 0.259 e. The van der Waals surface area contributed by atoms with Gasteiger partial charge in [0, 0.05) is 62.5 Å². The molecule has 2 aliphatic rings. The predicted octanol–water partition coefficient (Wildman–Crippen LogP) is 4.19. The second-order valence-electron chi connectivity index (χ2n) is 12.1. The first-order chi connectivity index (χ1) is 18.6.